The monoisotopic (exact) mass is 258 g/mol. The minimum atomic E-state index is 0.429. The molecule has 2 nitrogen and oxygen atoms in total. The van der Waals surface area contributed by atoms with Crippen LogP contribution in [0.4, 0.5) is 0 Å². The number of allylic oxidation sites excluding steroid dienone is 5. The first kappa shape index (κ1) is 14.2. The molecule has 0 unspecified atom stereocenters. The summed E-state index contributed by atoms with van der Waals surface area (Å²) in [6.45, 7) is 1.92. The van der Waals surface area contributed by atoms with Gasteiger partial charge in [-0.1, -0.05) is 36.5 Å². The van der Waals surface area contributed by atoms with Gasteiger partial charge in [-0.25, -0.2) is 0 Å². The van der Waals surface area contributed by atoms with Crippen LogP contribution in [0.15, 0.2) is 47.4 Å². The van der Waals surface area contributed by atoms with Gasteiger partial charge in [-0.2, -0.15) is 0 Å². The van der Waals surface area contributed by atoms with Crippen molar-refractivity contribution in [3.8, 4) is 0 Å². The van der Waals surface area contributed by atoms with Crippen LogP contribution in [0.25, 0.3) is 6.08 Å². The second-order valence-electron chi connectivity index (χ2n) is 3.51. The molecule has 0 saturated heterocycles. The minimum Gasteiger partial charge on any atom is -0.298 e. The lowest BCUT2D eigenvalue weighted by atomic mass is 10.0. The number of hydrogen-bond acceptors (Lipinski definition) is 3. The van der Waals surface area contributed by atoms with Crippen molar-refractivity contribution >= 4 is 31.3 Å². The molecule has 0 amide bonds. The van der Waals surface area contributed by atoms with Crippen LogP contribution in [0.1, 0.15) is 33.2 Å². The molecule has 0 spiro atoms. The molecule has 92 valence electrons. The van der Waals surface area contributed by atoms with Gasteiger partial charge in [-0.15, -0.1) is 12.6 Å². The van der Waals surface area contributed by atoms with Gasteiger partial charge in [0, 0.05) is 16.0 Å². The number of carbonyl (C=O) groups is 2. The molecule has 3 heteroatoms. The summed E-state index contributed by atoms with van der Waals surface area (Å²) in [7, 11) is 0. The van der Waals surface area contributed by atoms with Crippen LogP contribution in [0, 0.1) is 0 Å². The standard InChI is InChI=1S/C15H14O2S/c1-2-3-4-5-6-7-13-12(10-16)8-9-15(18)14(13)11-17/h2-11,18H,1H3. The molecule has 0 N–H and O–H groups in total. The zero-order chi connectivity index (χ0) is 13.4. The zero-order valence-electron chi connectivity index (χ0n) is 10.0. The Balaban J connectivity index is 3.16. The average Bonchev–Trinajstić information content (AvgIpc) is 2.39. The lowest BCUT2D eigenvalue weighted by Crippen LogP contribution is -1.95. The smallest absolute Gasteiger partial charge is 0.151 e. The van der Waals surface area contributed by atoms with E-state index < -0.39 is 0 Å². The molecule has 0 aliphatic heterocycles. The van der Waals surface area contributed by atoms with Crippen LogP contribution < -0.4 is 0 Å². The average molecular weight is 258 g/mol. The summed E-state index contributed by atoms with van der Waals surface area (Å²) in [5, 5.41) is 0. The first-order valence-corrected chi connectivity index (χ1v) is 5.91. The van der Waals surface area contributed by atoms with E-state index in [9.17, 15) is 9.59 Å². The normalized spacial score (nSPS) is 11.7. The molecular weight excluding hydrogens is 244 g/mol. The molecule has 0 radical (unpaired) electrons. The molecule has 0 atom stereocenters. The van der Waals surface area contributed by atoms with Crippen molar-refractivity contribution in [1.29, 1.82) is 0 Å². The fraction of sp³-hybridized carbons (Fsp3) is 0.0667. The van der Waals surface area contributed by atoms with Gasteiger partial charge < -0.3 is 0 Å². The Morgan fingerprint density at radius 2 is 1.67 bits per heavy atom. The zero-order valence-corrected chi connectivity index (χ0v) is 10.9. The highest BCUT2D eigenvalue weighted by Crippen LogP contribution is 2.21. The fourth-order valence-corrected chi connectivity index (χ4v) is 1.69. The molecule has 1 aromatic carbocycles. The van der Waals surface area contributed by atoms with Crippen molar-refractivity contribution < 1.29 is 9.59 Å². The van der Waals surface area contributed by atoms with Gasteiger partial charge >= 0.3 is 0 Å². The van der Waals surface area contributed by atoms with Crippen molar-refractivity contribution in [3.63, 3.8) is 0 Å². The van der Waals surface area contributed by atoms with Crippen molar-refractivity contribution in [1.82, 2.24) is 0 Å². The number of aldehydes is 2. The lowest BCUT2D eigenvalue weighted by Gasteiger charge is -2.05. The van der Waals surface area contributed by atoms with E-state index in [1.807, 2.05) is 31.2 Å². The van der Waals surface area contributed by atoms with E-state index in [1.165, 1.54) is 0 Å². The van der Waals surface area contributed by atoms with Gasteiger partial charge in [0.2, 0.25) is 0 Å². The van der Waals surface area contributed by atoms with Crippen molar-refractivity contribution in [2.75, 3.05) is 0 Å². The Bertz CT molecular complexity index is 526. The molecule has 1 rings (SSSR count). The molecule has 18 heavy (non-hydrogen) atoms. The Morgan fingerprint density at radius 3 is 2.28 bits per heavy atom. The summed E-state index contributed by atoms with van der Waals surface area (Å²) in [6, 6.07) is 3.29. The van der Waals surface area contributed by atoms with Gasteiger partial charge in [0.1, 0.15) is 0 Å². The number of carbonyl (C=O) groups excluding carboxylic acids is 2. The lowest BCUT2D eigenvalue weighted by molar-refractivity contribution is 0.112. The molecule has 0 aliphatic carbocycles. The van der Waals surface area contributed by atoms with Crippen molar-refractivity contribution in [2.45, 2.75) is 11.8 Å². The van der Waals surface area contributed by atoms with Gasteiger partial charge in [-0.3, -0.25) is 9.59 Å². The summed E-state index contributed by atoms with van der Waals surface area (Å²) in [5.74, 6) is 0. The van der Waals surface area contributed by atoms with Crippen LogP contribution >= 0.6 is 12.6 Å². The molecule has 0 aliphatic rings. The number of benzene rings is 1. The van der Waals surface area contributed by atoms with E-state index in [2.05, 4.69) is 12.6 Å². The SMILES string of the molecule is CC=CC=CC=Cc1c(C=O)ccc(S)c1C=O. The Morgan fingerprint density at radius 1 is 0.944 bits per heavy atom. The summed E-state index contributed by atoms with van der Waals surface area (Å²) in [6.07, 6.45) is 12.4. The highest BCUT2D eigenvalue weighted by molar-refractivity contribution is 7.80. The fourth-order valence-electron chi connectivity index (χ4n) is 1.45. The topological polar surface area (TPSA) is 34.1 Å². The molecule has 0 fully saturated rings. The van der Waals surface area contributed by atoms with E-state index in [1.54, 1.807) is 24.3 Å². The van der Waals surface area contributed by atoms with Crippen LogP contribution in [0.5, 0.6) is 0 Å². The Labute approximate surface area is 112 Å². The van der Waals surface area contributed by atoms with E-state index in [0.29, 0.717) is 27.9 Å². The number of thiol groups is 1. The third-order valence-corrected chi connectivity index (χ3v) is 2.72. The quantitative estimate of drug-likeness (QED) is 0.496. The second kappa shape index (κ2) is 7.45. The van der Waals surface area contributed by atoms with Gasteiger partial charge in [0.25, 0.3) is 0 Å². The third kappa shape index (κ3) is 3.57. The van der Waals surface area contributed by atoms with Gasteiger partial charge in [0.15, 0.2) is 12.6 Å². The largest absolute Gasteiger partial charge is 0.298 e. The van der Waals surface area contributed by atoms with E-state index >= 15 is 0 Å². The maximum absolute atomic E-state index is 11.0. The van der Waals surface area contributed by atoms with Crippen LogP contribution in [0.3, 0.4) is 0 Å². The van der Waals surface area contributed by atoms with Crippen LogP contribution in [0.2, 0.25) is 0 Å². The number of hydrogen-bond donors (Lipinski definition) is 1. The summed E-state index contributed by atoms with van der Waals surface area (Å²) in [5.41, 5.74) is 1.50. The highest BCUT2D eigenvalue weighted by atomic mass is 32.1. The van der Waals surface area contributed by atoms with Crippen molar-refractivity contribution in [2.24, 2.45) is 0 Å². The molecule has 0 saturated carbocycles. The molecule has 0 bridgehead atoms. The molecule has 0 aromatic heterocycles. The van der Waals surface area contributed by atoms with E-state index in [-0.39, 0.29) is 0 Å². The predicted molar refractivity (Wildman–Crippen MR) is 77.5 cm³/mol. The summed E-state index contributed by atoms with van der Waals surface area (Å²) in [4.78, 5) is 22.5. The predicted octanol–water partition coefficient (Wildman–Crippen LogP) is 3.75. The Kier molecular flexibility index (Phi) is 5.88. The van der Waals surface area contributed by atoms with Crippen LogP contribution in [-0.4, -0.2) is 12.6 Å². The van der Waals surface area contributed by atoms with Gasteiger partial charge in [-0.05, 0) is 24.6 Å². The number of rotatable bonds is 5. The minimum absolute atomic E-state index is 0.429. The van der Waals surface area contributed by atoms with Crippen molar-refractivity contribution in [3.05, 3.63) is 59.2 Å². The van der Waals surface area contributed by atoms with E-state index in [4.69, 9.17) is 0 Å². The maximum atomic E-state index is 11.0. The maximum Gasteiger partial charge on any atom is 0.151 e. The first-order chi connectivity index (χ1) is 8.74. The molecular formula is C15H14O2S. The first-order valence-electron chi connectivity index (χ1n) is 5.47. The molecule has 0 heterocycles. The van der Waals surface area contributed by atoms with Gasteiger partial charge in [0.05, 0.1) is 0 Å². The third-order valence-electron chi connectivity index (χ3n) is 2.33. The summed E-state index contributed by atoms with van der Waals surface area (Å²) < 4.78 is 0. The highest BCUT2D eigenvalue weighted by Gasteiger charge is 2.07. The second-order valence-corrected chi connectivity index (χ2v) is 3.99. The molecule has 1 aromatic rings. The Hall–Kier alpha value is -1.87. The van der Waals surface area contributed by atoms with Crippen LogP contribution in [-0.2, 0) is 0 Å². The van der Waals surface area contributed by atoms with E-state index in [0.717, 1.165) is 6.29 Å². The summed E-state index contributed by atoms with van der Waals surface area (Å²) >= 11 is 4.20.